The predicted octanol–water partition coefficient (Wildman–Crippen LogP) is 1.51. The Bertz CT molecular complexity index is 743. The Morgan fingerprint density at radius 3 is 2.86 bits per heavy atom. The summed E-state index contributed by atoms with van der Waals surface area (Å²) in [6.45, 7) is 5.56. The Balaban J connectivity index is 2.57. The van der Waals surface area contributed by atoms with E-state index in [1.54, 1.807) is 13.0 Å². The number of rotatable bonds is 3. The van der Waals surface area contributed by atoms with E-state index in [-0.39, 0.29) is 18.0 Å². The van der Waals surface area contributed by atoms with E-state index >= 15 is 0 Å². The number of esters is 1. The van der Waals surface area contributed by atoms with E-state index < -0.39 is 5.97 Å². The van der Waals surface area contributed by atoms with E-state index in [9.17, 15) is 10.1 Å². The lowest BCUT2D eigenvalue weighted by molar-refractivity contribution is 0.0520. The highest BCUT2D eigenvalue weighted by Crippen LogP contribution is 2.19. The van der Waals surface area contributed by atoms with Crippen molar-refractivity contribution in [2.24, 2.45) is 0 Å². The fourth-order valence-electron chi connectivity index (χ4n) is 1.97. The van der Waals surface area contributed by atoms with E-state index in [0.717, 1.165) is 11.3 Å². The molecule has 0 unspecified atom stereocenters. The minimum atomic E-state index is -0.600. The van der Waals surface area contributed by atoms with Gasteiger partial charge in [0.2, 0.25) is 0 Å². The lowest BCUT2D eigenvalue weighted by Crippen LogP contribution is -2.09. The molecule has 0 aromatic carbocycles. The molecule has 0 aliphatic rings. The predicted molar refractivity (Wildman–Crippen MR) is 75.9 cm³/mol. The Morgan fingerprint density at radius 2 is 2.24 bits per heavy atom. The van der Waals surface area contributed by atoms with Crippen LogP contribution in [-0.2, 0) is 4.74 Å². The number of nitrogens with zero attached hydrogens (tertiary/aromatic N) is 4. The van der Waals surface area contributed by atoms with Crippen LogP contribution in [0.4, 0.5) is 5.69 Å². The molecule has 0 aliphatic heterocycles. The molecule has 0 spiro atoms. The van der Waals surface area contributed by atoms with E-state index in [0.29, 0.717) is 11.4 Å². The van der Waals surface area contributed by atoms with Crippen LogP contribution in [0.1, 0.15) is 34.2 Å². The van der Waals surface area contributed by atoms with Crippen molar-refractivity contribution in [3.05, 3.63) is 34.8 Å². The summed E-state index contributed by atoms with van der Waals surface area (Å²) < 4.78 is 6.22. The number of nitrogens with two attached hydrogens (primary N) is 1. The number of hydrogen-bond donors (Lipinski definition) is 1. The fraction of sp³-hybridized carbons (Fsp3) is 0.286. The highest BCUT2D eigenvalue weighted by Gasteiger charge is 2.19. The van der Waals surface area contributed by atoms with Gasteiger partial charge in [0.15, 0.2) is 11.5 Å². The van der Waals surface area contributed by atoms with Crippen LogP contribution in [0.3, 0.4) is 0 Å². The quantitative estimate of drug-likeness (QED) is 0.857. The van der Waals surface area contributed by atoms with Crippen LogP contribution in [0.25, 0.3) is 5.82 Å². The molecule has 0 amide bonds. The van der Waals surface area contributed by atoms with Crippen LogP contribution < -0.4 is 5.73 Å². The molecule has 0 aliphatic carbocycles. The summed E-state index contributed by atoms with van der Waals surface area (Å²) in [7, 11) is 0. The second-order valence-electron chi connectivity index (χ2n) is 4.49. The van der Waals surface area contributed by atoms with Crippen molar-refractivity contribution in [1.82, 2.24) is 14.8 Å². The average Bonchev–Trinajstić information content (AvgIpc) is 2.80. The SMILES string of the molecule is CCOC(=O)c1nn(-c2nc(C)cc(C)c2C#N)cc1N. The molecule has 0 bridgehead atoms. The molecule has 2 N–H and O–H groups in total. The molecule has 0 atom stereocenters. The zero-order valence-corrected chi connectivity index (χ0v) is 12.0. The van der Waals surface area contributed by atoms with Gasteiger partial charge in [0, 0.05) is 5.69 Å². The molecule has 2 heterocycles. The van der Waals surface area contributed by atoms with Crippen LogP contribution in [0.5, 0.6) is 0 Å². The minimum Gasteiger partial charge on any atom is -0.461 e. The van der Waals surface area contributed by atoms with E-state index in [4.69, 9.17) is 10.5 Å². The van der Waals surface area contributed by atoms with Crippen molar-refractivity contribution in [2.75, 3.05) is 12.3 Å². The number of ether oxygens (including phenoxy) is 1. The molecular formula is C14H15N5O2. The second kappa shape index (κ2) is 5.63. The number of carbonyl (C=O) groups excluding carboxylic acids is 1. The summed E-state index contributed by atoms with van der Waals surface area (Å²) in [6, 6.07) is 3.90. The normalized spacial score (nSPS) is 10.2. The highest BCUT2D eigenvalue weighted by atomic mass is 16.5. The van der Waals surface area contributed by atoms with Gasteiger partial charge in [-0.2, -0.15) is 10.4 Å². The second-order valence-corrected chi connectivity index (χ2v) is 4.49. The van der Waals surface area contributed by atoms with Crippen LogP contribution in [-0.4, -0.2) is 27.3 Å². The third kappa shape index (κ3) is 2.69. The number of carbonyl (C=O) groups is 1. The van der Waals surface area contributed by atoms with Crippen molar-refractivity contribution in [2.45, 2.75) is 20.8 Å². The number of nitrogen functional groups attached to an aromatic ring is 1. The Labute approximate surface area is 122 Å². The maximum atomic E-state index is 11.7. The topological polar surface area (TPSA) is 107 Å². The maximum Gasteiger partial charge on any atom is 0.361 e. The summed E-state index contributed by atoms with van der Waals surface area (Å²) in [4.78, 5) is 16.0. The first-order valence-electron chi connectivity index (χ1n) is 6.38. The molecule has 2 rings (SSSR count). The third-order valence-corrected chi connectivity index (χ3v) is 2.87. The summed E-state index contributed by atoms with van der Waals surface area (Å²) in [5.41, 5.74) is 7.89. The van der Waals surface area contributed by atoms with Gasteiger partial charge in [0.25, 0.3) is 0 Å². The first kappa shape index (κ1) is 14.5. The van der Waals surface area contributed by atoms with Crippen molar-refractivity contribution >= 4 is 11.7 Å². The zero-order chi connectivity index (χ0) is 15.6. The standard InChI is InChI=1S/C14H15N5O2/c1-4-21-14(20)12-11(16)7-19(18-12)13-10(6-15)8(2)5-9(3)17-13/h5,7H,4,16H2,1-3H3. The van der Waals surface area contributed by atoms with Crippen LogP contribution in [0, 0.1) is 25.2 Å². The van der Waals surface area contributed by atoms with E-state index in [1.165, 1.54) is 10.9 Å². The minimum absolute atomic E-state index is 0.0155. The van der Waals surface area contributed by atoms with Gasteiger partial charge in [-0.05, 0) is 32.4 Å². The molecule has 0 radical (unpaired) electrons. The summed E-state index contributed by atoms with van der Waals surface area (Å²) in [5, 5.41) is 13.4. The molecule has 0 fully saturated rings. The van der Waals surface area contributed by atoms with Gasteiger partial charge in [0.1, 0.15) is 6.07 Å². The van der Waals surface area contributed by atoms with Crippen LogP contribution >= 0.6 is 0 Å². The average molecular weight is 285 g/mol. The monoisotopic (exact) mass is 285 g/mol. The smallest absolute Gasteiger partial charge is 0.361 e. The summed E-state index contributed by atoms with van der Waals surface area (Å²) in [6.07, 6.45) is 1.45. The Kier molecular flexibility index (Phi) is 3.89. The lowest BCUT2D eigenvalue weighted by Gasteiger charge is -2.07. The molecule has 108 valence electrons. The number of aryl methyl sites for hydroxylation is 2. The highest BCUT2D eigenvalue weighted by molar-refractivity contribution is 5.92. The first-order chi connectivity index (χ1) is 9.97. The fourth-order valence-corrected chi connectivity index (χ4v) is 1.97. The van der Waals surface area contributed by atoms with Gasteiger partial charge in [-0.25, -0.2) is 14.5 Å². The molecule has 2 aromatic rings. The molecule has 7 heteroatoms. The molecule has 21 heavy (non-hydrogen) atoms. The molecule has 7 nitrogen and oxygen atoms in total. The number of hydrogen-bond acceptors (Lipinski definition) is 6. The van der Waals surface area contributed by atoms with Crippen molar-refractivity contribution in [3.63, 3.8) is 0 Å². The Morgan fingerprint density at radius 1 is 1.52 bits per heavy atom. The first-order valence-corrected chi connectivity index (χ1v) is 6.38. The third-order valence-electron chi connectivity index (χ3n) is 2.87. The van der Waals surface area contributed by atoms with Gasteiger partial charge in [0.05, 0.1) is 24.1 Å². The van der Waals surface area contributed by atoms with Crippen molar-refractivity contribution in [1.29, 1.82) is 5.26 Å². The van der Waals surface area contributed by atoms with Crippen LogP contribution in [0.15, 0.2) is 12.3 Å². The largest absolute Gasteiger partial charge is 0.461 e. The number of anilines is 1. The molecule has 0 saturated heterocycles. The van der Waals surface area contributed by atoms with E-state index in [2.05, 4.69) is 16.2 Å². The van der Waals surface area contributed by atoms with Gasteiger partial charge in [-0.3, -0.25) is 0 Å². The summed E-state index contributed by atoms with van der Waals surface area (Å²) in [5.74, 6) is -0.256. The van der Waals surface area contributed by atoms with Gasteiger partial charge >= 0.3 is 5.97 Å². The van der Waals surface area contributed by atoms with Crippen molar-refractivity contribution in [3.8, 4) is 11.9 Å². The van der Waals surface area contributed by atoms with Gasteiger partial charge in [-0.1, -0.05) is 0 Å². The number of aromatic nitrogens is 3. The summed E-state index contributed by atoms with van der Waals surface area (Å²) >= 11 is 0. The maximum absolute atomic E-state index is 11.7. The zero-order valence-electron chi connectivity index (χ0n) is 12.0. The van der Waals surface area contributed by atoms with Crippen molar-refractivity contribution < 1.29 is 9.53 Å². The number of nitriles is 1. The van der Waals surface area contributed by atoms with Gasteiger partial charge in [-0.15, -0.1) is 0 Å². The molecule has 2 aromatic heterocycles. The van der Waals surface area contributed by atoms with Gasteiger partial charge < -0.3 is 10.5 Å². The molecule has 0 saturated carbocycles. The number of pyridine rings is 1. The van der Waals surface area contributed by atoms with E-state index in [1.807, 2.05) is 13.8 Å². The molecular weight excluding hydrogens is 270 g/mol. The Hall–Kier alpha value is -2.88. The van der Waals surface area contributed by atoms with Crippen LogP contribution in [0.2, 0.25) is 0 Å². The lowest BCUT2D eigenvalue weighted by atomic mass is 10.1.